The number of rotatable bonds is 2. The van der Waals surface area contributed by atoms with E-state index in [9.17, 15) is 4.79 Å². The van der Waals surface area contributed by atoms with Crippen LogP contribution in [0.2, 0.25) is 0 Å². The number of carbonyl (C=O) groups excluding carboxylic acids is 1. The second kappa shape index (κ2) is 5.36. The van der Waals surface area contributed by atoms with E-state index in [1.165, 1.54) is 0 Å². The Kier molecular flexibility index (Phi) is 3.56. The number of likely N-dealkylation sites (tertiary alicyclic amines) is 1. The maximum absolute atomic E-state index is 12.4. The topological polar surface area (TPSA) is 61.9 Å². The summed E-state index contributed by atoms with van der Waals surface area (Å²) in [4.78, 5) is 26.0. The van der Waals surface area contributed by atoms with Crippen LogP contribution in [0.1, 0.15) is 45.8 Å². The van der Waals surface area contributed by atoms with Crippen molar-refractivity contribution in [2.24, 2.45) is 0 Å². The summed E-state index contributed by atoms with van der Waals surface area (Å²) in [6.07, 6.45) is 3.76. The van der Waals surface area contributed by atoms with Gasteiger partial charge in [0.25, 0.3) is 5.91 Å². The van der Waals surface area contributed by atoms with E-state index in [-0.39, 0.29) is 5.91 Å². The van der Waals surface area contributed by atoms with Crippen molar-refractivity contribution in [3.63, 3.8) is 0 Å². The van der Waals surface area contributed by atoms with Crippen LogP contribution in [0.25, 0.3) is 0 Å². The minimum absolute atomic E-state index is 0.0450. The van der Waals surface area contributed by atoms with Gasteiger partial charge < -0.3 is 9.88 Å². The number of aromatic amines is 1. The minimum Gasteiger partial charge on any atom is -0.338 e. The quantitative estimate of drug-likeness (QED) is 0.924. The molecule has 3 heterocycles. The van der Waals surface area contributed by atoms with Crippen molar-refractivity contribution >= 4 is 17.2 Å². The van der Waals surface area contributed by atoms with Gasteiger partial charge in [0, 0.05) is 30.1 Å². The van der Waals surface area contributed by atoms with Crippen LogP contribution in [0.4, 0.5) is 0 Å². The summed E-state index contributed by atoms with van der Waals surface area (Å²) in [5, 5.41) is 3.23. The largest absolute Gasteiger partial charge is 0.338 e. The SMILES string of the molecule is Cc1csc(C2CCCN(C(=O)c3cnc(C)[nH]3)C2)n1. The second-order valence-electron chi connectivity index (χ2n) is 5.30. The number of amides is 1. The van der Waals surface area contributed by atoms with Crippen molar-refractivity contribution in [3.05, 3.63) is 33.8 Å². The molecule has 3 rings (SSSR count). The molecule has 6 heteroatoms. The fourth-order valence-electron chi connectivity index (χ4n) is 2.62. The van der Waals surface area contributed by atoms with E-state index in [2.05, 4.69) is 20.3 Å². The number of imidazole rings is 1. The first-order valence-electron chi connectivity index (χ1n) is 6.86. The van der Waals surface area contributed by atoms with E-state index in [1.54, 1.807) is 17.5 Å². The van der Waals surface area contributed by atoms with Crippen LogP contribution < -0.4 is 0 Å². The van der Waals surface area contributed by atoms with Gasteiger partial charge in [0.1, 0.15) is 11.5 Å². The van der Waals surface area contributed by atoms with Crippen molar-refractivity contribution in [1.29, 1.82) is 0 Å². The van der Waals surface area contributed by atoms with Crippen LogP contribution in [0.5, 0.6) is 0 Å². The lowest BCUT2D eigenvalue weighted by atomic mass is 9.98. The average Bonchev–Trinajstić information content (AvgIpc) is 3.07. The normalized spacial score (nSPS) is 19.3. The number of carbonyl (C=O) groups is 1. The third-order valence-electron chi connectivity index (χ3n) is 3.63. The molecule has 1 fully saturated rings. The van der Waals surface area contributed by atoms with E-state index in [4.69, 9.17) is 0 Å². The zero-order chi connectivity index (χ0) is 14.1. The molecule has 1 amide bonds. The molecule has 1 aliphatic rings. The average molecular weight is 290 g/mol. The highest BCUT2D eigenvalue weighted by molar-refractivity contribution is 7.09. The molecule has 0 saturated carbocycles. The molecule has 5 nitrogen and oxygen atoms in total. The number of hydrogen-bond donors (Lipinski definition) is 1. The Labute approximate surface area is 122 Å². The van der Waals surface area contributed by atoms with Gasteiger partial charge in [0.2, 0.25) is 0 Å². The molecular weight excluding hydrogens is 272 g/mol. The summed E-state index contributed by atoms with van der Waals surface area (Å²) in [7, 11) is 0. The molecule has 1 unspecified atom stereocenters. The molecule has 0 bridgehead atoms. The molecule has 1 atom stereocenters. The Morgan fingerprint density at radius 3 is 3.00 bits per heavy atom. The van der Waals surface area contributed by atoms with Gasteiger partial charge in [-0.25, -0.2) is 9.97 Å². The molecule has 106 valence electrons. The first kappa shape index (κ1) is 13.3. The van der Waals surface area contributed by atoms with E-state index >= 15 is 0 Å². The summed E-state index contributed by atoms with van der Waals surface area (Å²) in [6.45, 7) is 5.44. The van der Waals surface area contributed by atoms with Crippen LogP contribution in [0.3, 0.4) is 0 Å². The monoisotopic (exact) mass is 290 g/mol. The lowest BCUT2D eigenvalue weighted by molar-refractivity contribution is 0.0701. The van der Waals surface area contributed by atoms with Gasteiger partial charge in [0.15, 0.2) is 0 Å². The van der Waals surface area contributed by atoms with Crippen molar-refractivity contribution in [2.75, 3.05) is 13.1 Å². The fourth-order valence-corrected chi connectivity index (χ4v) is 3.55. The first-order chi connectivity index (χ1) is 9.63. The van der Waals surface area contributed by atoms with E-state index in [0.29, 0.717) is 11.6 Å². The smallest absolute Gasteiger partial charge is 0.271 e. The van der Waals surface area contributed by atoms with Gasteiger partial charge >= 0.3 is 0 Å². The van der Waals surface area contributed by atoms with E-state index in [0.717, 1.165) is 42.5 Å². The first-order valence-corrected chi connectivity index (χ1v) is 7.74. The number of aryl methyl sites for hydroxylation is 2. The van der Waals surface area contributed by atoms with Gasteiger partial charge in [-0.2, -0.15) is 0 Å². The number of nitrogens with zero attached hydrogens (tertiary/aromatic N) is 3. The van der Waals surface area contributed by atoms with E-state index in [1.807, 2.05) is 18.7 Å². The van der Waals surface area contributed by atoms with Gasteiger partial charge in [0.05, 0.1) is 11.2 Å². The lowest BCUT2D eigenvalue weighted by Gasteiger charge is -2.31. The molecule has 20 heavy (non-hydrogen) atoms. The zero-order valence-corrected chi connectivity index (χ0v) is 12.5. The molecule has 0 aromatic carbocycles. The molecule has 0 aliphatic carbocycles. The Morgan fingerprint density at radius 1 is 1.50 bits per heavy atom. The Morgan fingerprint density at radius 2 is 2.35 bits per heavy atom. The van der Waals surface area contributed by atoms with Gasteiger partial charge in [-0.15, -0.1) is 11.3 Å². The highest BCUT2D eigenvalue weighted by atomic mass is 32.1. The number of thiazole rings is 1. The van der Waals surface area contributed by atoms with Crippen LogP contribution in [0, 0.1) is 13.8 Å². The molecule has 0 radical (unpaired) electrons. The molecule has 2 aromatic rings. The molecule has 2 aromatic heterocycles. The second-order valence-corrected chi connectivity index (χ2v) is 6.19. The highest BCUT2D eigenvalue weighted by Gasteiger charge is 2.27. The van der Waals surface area contributed by atoms with Crippen molar-refractivity contribution < 1.29 is 4.79 Å². The van der Waals surface area contributed by atoms with Crippen LogP contribution in [-0.2, 0) is 0 Å². The number of H-pyrrole nitrogens is 1. The number of nitrogens with one attached hydrogen (secondary N) is 1. The van der Waals surface area contributed by atoms with Gasteiger partial charge in [-0.05, 0) is 26.7 Å². The molecule has 1 aliphatic heterocycles. The molecule has 0 spiro atoms. The predicted molar refractivity (Wildman–Crippen MR) is 78.1 cm³/mol. The summed E-state index contributed by atoms with van der Waals surface area (Å²) >= 11 is 1.70. The van der Waals surface area contributed by atoms with Gasteiger partial charge in [-0.3, -0.25) is 4.79 Å². The van der Waals surface area contributed by atoms with Gasteiger partial charge in [-0.1, -0.05) is 0 Å². The summed E-state index contributed by atoms with van der Waals surface area (Å²) in [6, 6.07) is 0. The maximum atomic E-state index is 12.4. The number of aromatic nitrogens is 3. The molecule has 1 N–H and O–H groups in total. The minimum atomic E-state index is 0.0450. The fraction of sp³-hybridized carbons (Fsp3) is 0.500. The highest BCUT2D eigenvalue weighted by Crippen LogP contribution is 2.29. The predicted octanol–water partition coefficient (Wildman–Crippen LogP) is 2.50. The Bertz CT molecular complexity index is 618. The zero-order valence-electron chi connectivity index (χ0n) is 11.7. The van der Waals surface area contributed by atoms with Crippen LogP contribution in [-0.4, -0.2) is 38.8 Å². The summed E-state index contributed by atoms with van der Waals surface area (Å²) < 4.78 is 0. The summed E-state index contributed by atoms with van der Waals surface area (Å²) in [5.41, 5.74) is 1.65. The van der Waals surface area contributed by atoms with Crippen molar-refractivity contribution in [2.45, 2.75) is 32.6 Å². The van der Waals surface area contributed by atoms with E-state index < -0.39 is 0 Å². The summed E-state index contributed by atoms with van der Waals surface area (Å²) in [5.74, 6) is 1.19. The molecular formula is C14H18N4OS. The van der Waals surface area contributed by atoms with Crippen molar-refractivity contribution in [3.8, 4) is 0 Å². The standard InChI is InChI=1S/C14H18N4OS/c1-9-8-20-13(16-9)11-4-3-5-18(7-11)14(19)12-6-15-10(2)17-12/h6,8,11H,3-5,7H2,1-2H3,(H,15,17). The maximum Gasteiger partial charge on any atom is 0.271 e. The number of piperidine rings is 1. The van der Waals surface area contributed by atoms with Crippen LogP contribution >= 0.6 is 11.3 Å². The third-order valence-corrected chi connectivity index (χ3v) is 4.75. The number of hydrogen-bond acceptors (Lipinski definition) is 4. The Balaban J connectivity index is 1.73. The molecule has 1 saturated heterocycles. The van der Waals surface area contributed by atoms with Crippen LogP contribution in [0.15, 0.2) is 11.6 Å². The third kappa shape index (κ3) is 2.60. The Hall–Kier alpha value is -1.69. The lowest BCUT2D eigenvalue weighted by Crippen LogP contribution is -2.39. The van der Waals surface area contributed by atoms with Crippen molar-refractivity contribution in [1.82, 2.24) is 19.9 Å².